The summed E-state index contributed by atoms with van der Waals surface area (Å²) in [6.07, 6.45) is 0. The molecule has 0 unspecified atom stereocenters. The van der Waals surface area contributed by atoms with Gasteiger partial charge in [-0.05, 0) is 51.5 Å². The first-order chi connectivity index (χ1) is 13.7. The second-order valence-corrected chi connectivity index (χ2v) is 7.93. The lowest BCUT2D eigenvalue weighted by atomic mass is 10.1. The molecule has 1 aromatic heterocycles. The summed E-state index contributed by atoms with van der Waals surface area (Å²) in [5, 5.41) is 2.59. The van der Waals surface area contributed by atoms with Crippen molar-refractivity contribution >= 4 is 17.7 Å². The number of aryl methyl sites for hydroxylation is 1. The van der Waals surface area contributed by atoms with E-state index in [9.17, 15) is 14.4 Å². The van der Waals surface area contributed by atoms with Gasteiger partial charge < -0.3 is 19.4 Å². The Balaban J connectivity index is 1.55. The summed E-state index contributed by atoms with van der Waals surface area (Å²) in [4.78, 5) is 38.3. The van der Waals surface area contributed by atoms with E-state index in [1.807, 2.05) is 36.6 Å². The van der Waals surface area contributed by atoms with Gasteiger partial charge in [0.2, 0.25) is 6.79 Å². The minimum atomic E-state index is -0.992. The Kier molecular flexibility index (Phi) is 4.37. The molecule has 0 saturated carbocycles. The molecule has 0 spiro atoms. The van der Waals surface area contributed by atoms with Gasteiger partial charge in [-0.1, -0.05) is 6.07 Å². The number of nitrogens with zero attached hydrogens (tertiary/aromatic N) is 2. The minimum absolute atomic E-state index is 0.221. The fourth-order valence-corrected chi connectivity index (χ4v) is 3.74. The number of hydrogen-bond acceptors (Lipinski definition) is 5. The third-order valence-electron chi connectivity index (χ3n) is 5.40. The largest absolute Gasteiger partial charge is 0.454 e. The molecule has 3 heterocycles. The van der Waals surface area contributed by atoms with E-state index in [1.165, 1.54) is 0 Å². The van der Waals surface area contributed by atoms with Crippen LogP contribution in [0.2, 0.25) is 0 Å². The number of carbonyl (C=O) groups is 3. The normalized spacial score (nSPS) is 17.0. The van der Waals surface area contributed by atoms with Gasteiger partial charge in [0.05, 0.1) is 6.54 Å². The molecule has 29 heavy (non-hydrogen) atoms. The zero-order valence-corrected chi connectivity index (χ0v) is 16.9. The number of hydrogen-bond donors (Lipinski definition) is 1. The highest BCUT2D eigenvalue weighted by atomic mass is 16.7. The van der Waals surface area contributed by atoms with E-state index in [0.717, 1.165) is 27.6 Å². The molecule has 8 nitrogen and oxygen atoms in total. The second-order valence-electron chi connectivity index (χ2n) is 7.93. The molecule has 1 aromatic carbocycles. The molecule has 152 valence electrons. The van der Waals surface area contributed by atoms with Gasteiger partial charge in [0.1, 0.15) is 5.54 Å². The van der Waals surface area contributed by atoms with E-state index < -0.39 is 17.5 Å². The monoisotopic (exact) mass is 397 g/mol. The first-order valence-corrected chi connectivity index (χ1v) is 9.40. The summed E-state index contributed by atoms with van der Waals surface area (Å²) in [6, 6.07) is 7.02. The number of ketones is 1. The van der Waals surface area contributed by atoms with Gasteiger partial charge >= 0.3 is 6.03 Å². The van der Waals surface area contributed by atoms with E-state index >= 15 is 0 Å². The number of ether oxygens (including phenoxy) is 2. The number of nitrogens with one attached hydrogen (secondary N) is 1. The molecule has 3 amide bonds. The molecular weight excluding hydrogens is 374 g/mol. The number of aromatic nitrogens is 1. The van der Waals surface area contributed by atoms with Gasteiger partial charge in [-0.3, -0.25) is 14.5 Å². The van der Waals surface area contributed by atoms with E-state index in [0.29, 0.717) is 17.9 Å². The van der Waals surface area contributed by atoms with Crippen molar-refractivity contribution in [1.82, 2.24) is 14.8 Å². The lowest BCUT2D eigenvalue weighted by Gasteiger charge is -2.15. The molecule has 1 N–H and O–H groups in total. The number of benzene rings is 1. The van der Waals surface area contributed by atoms with Crippen LogP contribution >= 0.6 is 0 Å². The Hall–Kier alpha value is -3.29. The molecule has 1 saturated heterocycles. The minimum Gasteiger partial charge on any atom is -0.454 e. The van der Waals surface area contributed by atoms with Crippen LogP contribution < -0.4 is 14.8 Å². The predicted octanol–water partition coefficient (Wildman–Crippen LogP) is 2.40. The van der Waals surface area contributed by atoms with Gasteiger partial charge in [0, 0.05) is 23.5 Å². The topological polar surface area (TPSA) is 89.9 Å². The van der Waals surface area contributed by atoms with Crippen molar-refractivity contribution in [3.63, 3.8) is 0 Å². The van der Waals surface area contributed by atoms with Crippen LogP contribution in [0.1, 0.15) is 41.2 Å². The SMILES string of the molecule is Cc1cc(C(=O)CN2C(=O)NC(C)(C)C2=O)c(C)n1Cc1ccc2c(c1)OCO2. The number of fused-ring (bicyclic) bond motifs is 1. The number of urea groups is 1. The van der Waals surface area contributed by atoms with Crippen LogP contribution in [0.3, 0.4) is 0 Å². The van der Waals surface area contributed by atoms with Crippen molar-refractivity contribution < 1.29 is 23.9 Å². The molecule has 0 bridgehead atoms. The van der Waals surface area contributed by atoms with E-state index in [4.69, 9.17) is 9.47 Å². The molecule has 2 aromatic rings. The number of rotatable bonds is 5. The van der Waals surface area contributed by atoms with Gasteiger partial charge in [-0.25, -0.2) is 4.79 Å². The van der Waals surface area contributed by atoms with Crippen LogP contribution in [0.15, 0.2) is 24.3 Å². The molecule has 1 fully saturated rings. The molecule has 4 rings (SSSR count). The quantitative estimate of drug-likeness (QED) is 0.618. The molecular formula is C21H23N3O5. The Morgan fingerprint density at radius 2 is 1.86 bits per heavy atom. The Morgan fingerprint density at radius 1 is 1.14 bits per heavy atom. The predicted molar refractivity (Wildman–Crippen MR) is 104 cm³/mol. The Bertz CT molecular complexity index is 1040. The summed E-state index contributed by atoms with van der Waals surface area (Å²) in [7, 11) is 0. The highest BCUT2D eigenvalue weighted by Crippen LogP contribution is 2.33. The summed E-state index contributed by atoms with van der Waals surface area (Å²) in [5.74, 6) is 0.769. The number of imide groups is 1. The van der Waals surface area contributed by atoms with E-state index in [1.54, 1.807) is 19.9 Å². The highest BCUT2D eigenvalue weighted by molar-refractivity contribution is 6.11. The standard InChI is InChI=1S/C21H23N3O5/c1-12-7-15(16(25)10-24-19(26)21(3,4)22-20(24)27)13(2)23(12)9-14-5-6-17-18(8-14)29-11-28-17/h5-8H,9-11H2,1-4H3,(H,22,27). The lowest BCUT2D eigenvalue weighted by molar-refractivity contribution is -0.129. The van der Waals surface area contributed by atoms with Crippen LogP contribution in [0.5, 0.6) is 11.5 Å². The van der Waals surface area contributed by atoms with Gasteiger partial charge in [-0.15, -0.1) is 0 Å². The lowest BCUT2D eigenvalue weighted by Crippen LogP contribution is -2.41. The van der Waals surface area contributed by atoms with Gasteiger partial charge in [-0.2, -0.15) is 0 Å². The van der Waals surface area contributed by atoms with Gasteiger partial charge in [0.25, 0.3) is 5.91 Å². The maximum Gasteiger partial charge on any atom is 0.325 e. The number of carbonyl (C=O) groups excluding carboxylic acids is 3. The zero-order chi connectivity index (χ0) is 20.9. The average molecular weight is 397 g/mol. The smallest absolute Gasteiger partial charge is 0.325 e. The molecule has 0 radical (unpaired) electrons. The molecule has 2 aliphatic rings. The van der Waals surface area contributed by atoms with Crippen molar-refractivity contribution in [1.29, 1.82) is 0 Å². The first kappa shape index (κ1) is 19.0. The fraction of sp³-hybridized carbons (Fsp3) is 0.381. The third kappa shape index (κ3) is 3.24. The van der Waals surface area contributed by atoms with Crippen molar-refractivity contribution in [2.75, 3.05) is 13.3 Å². The number of amides is 3. The molecule has 2 aliphatic heterocycles. The van der Waals surface area contributed by atoms with E-state index in [-0.39, 0.29) is 19.1 Å². The summed E-state index contributed by atoms with van der Waals surface area (Å²) >= 11 is 0. The number of Topliss-reactive ketones (excluding diaryl/α,β-unsaturated/α-hetero) is 1. The van der Waals surface area contributed by atoms with Crippen molar-refractivity contribution in [2.24, 2.45) is 0 Å². The van der Waals surface area contributed by atoms with Crippen LogP contribution in [0, 0.1) is 13.8 Å². The molecule has 0 atom stereocenters. The first-order valence-electron chi connectivity index (χ1n) is 9.40. The zero-order valence-electron chi connectivity index (χ0n) is 16.9. The van der Waals surface area contributed by atoms with Gasteiger partial charge in [0.15, 0.2) is 17.3 Å². The van der Waals surface area contributed by atoms with Crippen molar-refractivity contribution in [3.05, 3.63) is 46.8 Å². The van der Waals surface area contributed by atoms with Crippen LogP contribution in [0.4, 0.5) is 4.79 Å². The van der Waals surface area contributed by atoms with Crippen molar-refractivity contribution in [2.45, 2.75) is 39.8 Å². The van der Waals surface area contributed by atoms with Crippen LogP contribution in [-0.4, -0.2) is 46.1 Å². The summed E-state index contributed by atoms with van der Waals surface area (Å²) < 4.78 is 12.8. The third-order valence-corrected chi connectivity index (χ3v) is 5.40. The van der Waals surface area contributed by atoms with Crippen molar-refractivity contribution in [3.8, 4) is 11.5 Å². The summed E-state index contributed by atoms with van der Waals surface area (Å²) in [5.41, 5.74) is 2.24. The summed E-state index contributed by atoms with van der Waals surface area (Å²) in [6.45, 7) is 7.54. The highest BCUT2D eigenvalue weighted by Gasteiger charge is 2.45. The fourth-order valence-electron chi connectivity index (χ4n) is 3.74. The average Bonchev–Trinajstić information content (AvgIpc) is 3.29. The Morgan fingerprint density at radius 3 is 2.55 bits per heavy atom. The van der Waals surface area contributed by atoms with E-state index in [2.05, 4.69) is 5.32 Å². The maximum atomic E-state index is 12.9. The maximum absolute atomic E-state index is 12.9. The van der Waals surface area contributed by atoms with Crippen LogP contribution in [-0.2, 0) is 11.3 Å². The second kappa shape index (κ2) is 6.65. The van der Waals surface area contributed by atoms with Crippen LogP contribution in [0.25, 0.3) is 0 Å². The molecule has 0 aliphatic carbocycles. The molecule has 8 heteroatoms. The Labute approximate surface area is 168 Å².